The van der Waals surface area contributed by atoms with Gasteiger partial charge in [0.25, 0.3) is 5.91 Å². The van der Waals surface area contributed by atoms with Gasteiger partial charge in [0.05, 0.1) is 12.3 Å². The van der Waals surface area contributed by atoms with Crippen LogP contribution in [0.3, 0.4) is 0 Å². The number of aromatic nitrogens is 2. The minimum absolute atomic E-state index is 0.0534. The summed E-state index contributed by atoms with van der Waals surface area (Å²) >= 11 is 1.30. The van der Waals surface area contributed by atoms with E-state index in [4.69, 9.17) is 21.2 Å². The molecule has 3 aromatic heterocycles. The van der Waals surface area contributed by atoms with Gasteiger partial charge < -0.3 is 26.4 Å². The van der Waals surface area contributed by atoms with Gasteiger partial charge in [0.1, 0.15) is 9.71 Å². The van der Waals surface area contributed by atoms with Crippen LogP contribution in [0.15, 0.2) is 18.2 Å². The van der Waals surface area contributed by atoms with E-state index in [-0.39, 0.29) is 29.2 Å². The van der Waals surface area contributed by atoms with Crippen molar-refractivity contribution in [1.29, 1.82) is 0 Å². The van der Waals surface area contributed by atoms with Crippen molar-refractivity contribution < 1.29 is 13.9 Å². The highest BCUT2D eigenvalue weighted by Crippen LogP contribution is 2.40. The fourth-order valence-electron chi connectivity index (χ4n) is 5.67. The molecule has 3 aliphatic rings. The molecule has 5 N–H and O–H groups in total. The Balaban J connectivity index is 1.18. The van der Waals surface area contributed by atoms with Crippen LogP contribution in [0, 0.1) is 18.2 Å². The molecule has 1 spiro atoms. The number of anilines is 2. The van der Waals surface area contributed by atoms with Gasteiger partial charge in [0.15, 0.2) is 11.6 Å². The molecule has 3 aromatic rings. The lowest BCUT2D eigenvalue weighted by molar-refractivity contribution is 0.0938. The molecule has 0 radical (unpaired) electrons. The maximum Gasteiger partial charge on any atom is 0.263 e. The molecule has 1 amide bonds. The number of nitrogen functional groups attached to an aromatic ring is 1. The summed E-state index contributed by atoms with van der Waals surface area (Å²) in [7, 11) is 0. The van der Waals surface area contributed by atoms with Crippen molar-refractivity contribution in [3.63, 3.8) is 0 Å². The Bertz CT molecular complexity index is 1320. The molecule has 35 heavy (non-hydrogen) atoms. The van der Waals surface area contributed by atoms with Crippen LogP contribution in [0.1, 0.15) is 39.5 Å². The number of carbonyl (C=O) groups is 1. The topological polar surface area (TPSA) is 119 Å². The first-order chi connectivity index (χ1) is 16.8. The summed E-state index contributed by atoms with van der Waals surface area (Å²) < 4.78 is 20.8. The van der Waals surface area contributed by atoms with E-state index in [1.165, 1.54) is 11.3 Å². The van der Waals surface area contributed by atoms with Crippen LogP contribution < -0.4 is 21.7 Å². The molecule has 184 valence electrons. The average Bonchev–Trinajstić information content (AvgIpc) is 3.52. The summed E-state index contributed by atoms with van der Waals surface area (Å²) in [6, 6.07) is 5.21. The Hall–Kier alpha value is -2.82. The Labute approximate surface area is 206 Å². The lowest BCUT2D eigenvalue weighted by Gasteiger charge is -2.28. The first kappa shape index (κ1) is 22.6. The predicted molar refractivity (Wildman–Crippen MR) is 134 cm³/mol. The summed E-state index contributed by atoms with van der Waals surface area (Å²) in [5.41, 5.74) is 15.6. The number of ether oxygens (including phenoxy) is 1. The zero-order valence-electron chi connectivity index (χ0n) is 19.6. The second-order valence-corrected chi connectivity index (χ2v) is 11.1. The molecule has 3 atom stereocenters. The van der Waals surface area contributed by atoms with Crippen molar-refractivity contribution in [2.24, 2.45) is 11.1 Å². The number of amides is 1. The monoisotopic (exact) mass is 496 g/mol. The van der Waals surface area contributed by atoms with E-state index in [9.17, 15) is 4.79 Å². The predicted octanol–water partition coefficient (Wildman–Crippen LogP) is 2.56. The van der Waals surface area contributed by atoms with Crippen molar-refractivity contribution in [3.05, 3.63) is 45.8 Å². The SMILES string of the molecule is Cc1ccc2c(N)c(C(=O)NC3CCc4nc(N5CC(N)C6(CCOC6)C5)c(F)cc4C3)sc2n1. The smallest absolute Gasteiger partial charge is 0.263 e. The van der Waals surface area contributed by atoms with Gasteiger partial charge in [-0.25, -0.2) is 14.4 Å². The van der Waals surface area contributed by atoms with Gasteiger partial charge >= 0.3 is 0 Å². The van der Waals surface area contributed by atoms with Gasteiger partial charge in [-0.05, 0) is 56.4 Å². The summed E-state index contributed by atoms with van der Waals surface area (Å²) in [6.07, 6.45) is 2.84. The van der Waals surface area contributed by atoms with E-state index in [0.29, 0.717) is 55.5 Å². The number of nitrogens with one attached hydrogen (secondary N) is 1. The number of halogens is 1. The van der Waals surface area contributed by atoms with Crippen LogP contribution >= 0.6 is 11.3 Å². The standard InChI is InChI=1S/C25H29FN6O2S/c1-13-2-4-16-20(28)21(35-24(16)29-13)23(33)30-15-3-5-18-14(8-15)9-17(26)22(31-18)32-10-19(27)25(11-32)6-7-34-12-25/h2,4,9,15,19H,3,5-8,10-12,27-28H2,1H3,(H,30,33). The third-order valence-electron chi connectivity index (χ3n) is 7.74. The number of aryl methyl sites for hydroxylation is 2. The van der Waals surface area contributed by atoms with E-state index in [1.54, 1.807) is 6.07 Å². The molecule has 0 aromatic carbocycles. The molecule has 2 fully saturated rings. The highest BCUT2D eigenvalue weighted by atomic mass is 32.1. The fraction of sp³-hybridized carbons (Fsp3) is 0.480. The molecule has 8 nitrogen and oxygen atoms in total. The Morgan fingerprint density at radius 2 is 2.23 bits per heavy atom. The van der Waals surface area contributed by atoms with Crippen molar-refractivity contribution in [2.45, 2.75) is 44.7 Å². The van der Waals surface area contributed by atoms with Gasteiger partial charge in [-0.1, -0.05) is 0 Å². The number of hydrogen-bond acceptors (Lipinski definition) is 8. The number of fused-ring (bicyclic) bond motifs is 2. The van der Waals surface area contributed by atoms with Crippen LogP contribution in [0.2, 0.25) is 0 Å². The zero-order valence-corrected chi connectivity index (χ0v) is 20.5. The summed E-state index contributed by atoms with van der Waals surface area (Å²) in [5.74, 6) is -0.169. The van der Waals surface area contributed by atoms with E-state index < -0.39 is 0 Å². The second-order valence-electron chi connectivity index (χ2n) is 10.1. The molecule has 2 saturated heterocycles. The van der Waals surface area contributed by atoms with Gasteiger partial charge in [-0.2, -0.15) is 0 Å². The van der Waals surface area contributed by atoms with Crippen molar-refractivity contribution >= 4 is 39.0 Å². The van der Waals surface area contributed by atoms with Crippen LogP contribution in [0.5, 0.6) is 0 Å². The first-order valence-corrected chi connectivity index (χ1v) is 12.9. The fourth-order valence-corrected chi connectivity index (χ4v) is 6.72. The number of hydrogen-bond donors (Lipinski definition) is 3. The average molecular weight is 497 g/mol. The molecule has 3 unspecified atom stereocenters. The lowest BCUT2D eigenvalue weighted by Crippen LogP contribution is -2.40. The van der Waals surface area contributed by atoms with E-state index in [2.05, 4.69) is 10.3 Å². The molecule has 2 aliphatic heterocycles. The molecule has 1 aliphatic carbocycles. The zero-order chi connectivity index (χ0) is 24.3. The molecule has 0 bridgehead atoms. The van der Waals surface area contributed by atoms with Gasteiger partial charge in [-0.15, -0.1) is 11.3 Å². The van der Waals surface area contributed by atoms with E-state index >= 15 is 4.39 Å². The van der Waals surface area contributed by atoms with Crippen LogP contribution in [0.25, 0.3) is 10.2 Å². The summed E-state index contributed by atoms with van der Waals surface area (Å²) in [4.78, 5) is 25.4. The van der Waals surface area contributed by atoms with Gasteiger partial charge in [0.2, 0.25) is 0 Å². The van der Waals surface area contributed by atoms with E-state index in [1.807, 2.05) is 24.0 Å². The number of pyridine rings is 2. The molecule has 6 rings (SSSR count). The normalized spacial score (nSPS) is 26.0. The number of nitrogens with two attached hydrogens (primary N) is 2. The third-order valence-corrected chi connectivity index (χ3v) is 8.85. The molecule has 0 saturated carbocycles. The molecular weight excluding hydrogens is 467 g/mol. The quantitative estimate of drug-likeness (QED) is 0.510. The number of thiophene rings is 1. The maximum atomic E-state index is 15.2. The summed E-state index contributed by atoms with van der Waals surface area (Å²) in [6.45, 7) is 4.49. The number of rotatable bonds is 3. The highest BCUT2D eigenvalue weighted by molar-refractivity contribution is 7.21. The number of nitrogens with zero attached hydrogens (tertiary/aromatic N) is 3. The van der Waals surface area contributed by atoms with Gasteiger partial charge in [0, 0.05) is 54.0 Å². The van der Waals surface area contributed by atoms with Crippen LogP contribution in [-0.4, -0.2) is 54.3 Å². The Kier molecular flexibility index (Phi) is 5.43. The Morgan fingerprint density at radius 1 is 1.37 bits per heavy atom. The van der Waals surface area contributed by atoms with Crippen LogP contribution in [0.4, 0.5) is 15.9 Å². The minimum Gasteiger partial charge on any atom is -0.397 e. The van der Waals surface area contributed by atoms with Crippen molar-refractivity contribution in [3.8, 4) is 0 Å². The second kappa shape index (κ2) is 8.39. The highest BCUT2D eigenvalue weighted by Gasteiger charge is 2.48. The third kappa shape index (κ3) is 3.84. The minimum atomic E-state index is -0.339. The van der Waals surface area contributed by atoms with Gasteiger partial charge in [-0.3, -0.25) is 4.79 Å². The summed E-state index contributed by atoms with van der Waals surface area (Å²) in [5, 5.41) is 3.89. The van der Waals surface area contributed by atoms with Crippen molar-refractivity contribution in [2.75, 3.05) is 36.9 Å². The largest absolute Gasteiger partial charge is 0.397 e. The van der Waals surface area contributed by atoms with Crippen LogP contribution in [-0.2, 0) is 17.6 Å². The molecular formula is C25H29FN6O2S. The van der Waals surface area contributed by atoms with Crippen molar-refractivity contribution in [1.82, 2.24) is 15.3 Å². The first-order valence-electron chi connectivity index (χ1n) is 12.1. The Morgan fingerprint density at radius 3 is 3.03 bits per heavy atom. The number of carbonyl (C=O) groups excluding carboxylic acids is 1. The maximum absolute atomic E-state index is 15.2. The molecule has 10 heteroatoms. The van der Waals surface area contributed by atoms with E-state index in [0.717, 1.165) is 40.0 Å². The lowest BCUT2D eigenvalue weighted by atomic mass is 9.83. The molecule has 5 heterocycles.